The van der Waals surface area contributed by atoms with Crippen LogP contribution in [0.2, 0.25) is 5.02 Å². The molecule has 0 aromatic heterocycles. The number of nitrogens with zero attached hydrogens (tertiary/aromatic N) is 1. The van der Waals surface area contributed by atoms with Gasteiger partial charge < -0.3 is 4.84 Å². The molecule has 5 nitrogen and oxygen atoms in total. The lowest BCUT2D eigenvalue weighted by Crippen LogP contribution is -2.30. The Morgan fingerprint density at radius 3 is 2.46 bits per heavy atom. The molecule has 0 saturated heterocycles. The highest BCUT2D eigenvalue weighted by atomic mass is 79.9. The summed E-state index contributed by atoms with van der Waals surface area (Å²) in [6, 6.07) is 10.8. The van der Waals surface area contributed by atoms with Crippen molar-refractivity contribution in [3.05, 3.63) is 63.1 Å². The predicted molar refractivity (Wildman–Crippen MR) is 96.6 cm³/mol. The Morgan fingerprint density at radius 1 is 1.19 bits per heavy atom. The van der Waals surface area contributed by atoms with Crippen molar-refractivity contribution in [1.82, 2.24) is 0 Å². The largest absolute Gasteiger partial charge is 0.516 e. The molecule has 0 fully saturated rings. The zero-order chi connectivity index (χ0) is 19.4. The fourth-order valence-corrected chi connectivity index (χ4v) is 2.76. The predicted octanol–water partition coefficient (Wildman–Crippen LogP) is 4.91. The van der Waals surface area contributed by atoms with Crippen LogP contribution in [0.4, 0.5) is 18.9 Å². The van der Waals surface area contributed by atoms with Gasteiger partial charge in [-0.3, -0.25) is 4.72 Å². The number of nitrogens with one attached hydrogen (secondary N) is 1. The van der Waals surface area contributed by atoms with E-state index in [1.54, 1.807) is 12.1 Å². The van der Waals surface area contributed by atoms with Crippen LogP contribution in [0.5, 0.6) is 0 Å². The maximum Gasteiger partial charge on any atom is 0.516 e. The van der Waals surface area contributed by atoms with Crippen molar-refractivity contribution < 1.29 is 26.4 Å². The normalized spacial score (nSPS) is 12.3. The van der Waals surface area contributed by atoms with Crippen LogP contribution in [0, 0.1) is 0 Å². The highest BCUT2D eigenvalue weighted by molar-refractivity contribution is 9.10. The van der Waals surface area contributed by atoms with E-state index in [9.17, 15) is 21.6 Å². The molecule has 26 heavy (non-hydrogen) atoms. The second kappa shape index (κ2) is 8.28. The monoisotopic (exact) mass is 470 g/mol. The second-order valence-electron chi connectivity index (χ2n) is 4.92. The van der Waals surface area contributed by atoms with E-state index >= 15 is 0 Å². The maximum absolute atomic E-state index is 12.5. The standard InChI is InChI=1S/C15H11BrClF3N2O3S/c16-12-3-1-10(2-4-12)9-25-21-8-11-7-13(17)5-6-14(11)22-26(23,24)15(18,19)20/h1-8,22H,9H2. The van der Waals surface area contributed by atoms with Gasteiger partial charge in [-0.25, -0.2) is 0 Å². The third-order valence-corrected chi connectivity index (χ3v) is 4.84. The third kappa shape index (κ3) is 5.61. The smallest absolute Gasteiger partial charge is 0.391 e. The molecule has 0 saturated carbocycles. The van der Waals surface area contributed by atoms with Crippen LogP contribution in [0.3, 0.4) is 0 Å². The zero-order valence-corrected chi connectivity index (χ0v) is 16.0. The lowest BCUT2D eigenvalue weighted by molar-refractivity contribution is -0.0429. The maximum atomic E-state index is 12.5. The molecule has 0 aliphatic heterocycles. The second-order valence-corrected chi connectivity index (χ2v) is 7.94. The van der Waals surface area contributed by atoms with E-state index in [0.29, 0.717) is 0 Å². The molecule has 11 heteroatoms. The van der Waals surface area contributed by atoms with Gasteiger partial charge in [-0.2, -0.15) is 21.6 Å². The van der Waals surface area contributed by atoms with Crippen LogP contribution in [0.1, 0.15) is 11.1 Å². The van der Waals surface area contributed by atoms with Gasteiger partial charge in [-0.05, 0) is 35.9 Å². The Kier molecular flexibility index (Phi) is 6.53. The van der Waals surface area contributed by atoms with Crippen LogP contribution in [-0.2, 0) is 21.5 Å². The van der Waals surface area contributed by atoms with Crippen LogP contribution in [-0.4, -0.2) is 20.1 Å². The van der Waals surface area contributed by atoms with Gasteiger partial charge in [0.25, 0.3) is 0 Å². The summed E-state index contributed by atoms with van der Waals surface area (Å²) in [5.41, 5.74) is -4.95. The first kappa shape index (κ1) is 20.5. The molecule has 0 heterocycles. The number of rotatable bonds is 6. The van der Waals surface area contributed by atoms with Gasteiger partial charge in [0.1, 0.15) is 6.61 Å². The number of sulfonamides is 1. The van der Waals surface area contributed by atoms with Gasteiger partial charge in [0.15, 0.2) is 0 Å². The molecule has 0 aliphatic rings. The van der Waals surface area contributed by atoms with Gasteiger partial charge in [-0.15, -0.1) is 0 Å². The molecule has 2 aromatic rings. The van der Waals surface area contributed by atoms with Crippen LogP contribution < -0.4 is 4.72 Å². The number of oxime groups is 1. The highest BCUT2D eigenvalue weighted by Crippen LogP contribution is 2.27. The number of halogens is 5. The van der Waals surface area contributed by atoms with Crippen molar-refractivity contribution >= 4 is 49.5 Å². The molecule has 0 atom stereocenters. The summed E-state index contributed by atoms with van der Waals surface area (Å²) in [5.74, 6) is 0. The van der Waals surface area contributed by atoms with Crippen molar-refractivity contribution in [2.45, 2.75) is 12.1 Å². The van der Waals surface area contributed by atoms with E-state index in [1.165, 1.54) is 16.9 Å². The average Bonchev–Trinajstić information content (AvgIpc) is 2.54. The minimum atomic E-state index is -5.56. The van der Waals surface area contributed by atoms with Gasteiger partial charge in [0.05, 0.1) is 11.9 Å². The van der Waals surface area contributed by atoms with Crippen LogP contribution >= 0.6 is 27.5 Å². The van der Waals surface area contributed by atoms with E-state index < -0.39 is 15.5 Å². The number of benzene rings is 2. The van der Waals surface area contributed by atoms with Gasteiger partial charge in [-0.1, -0.05) is 44.8 Å². The first-order chi connectivity index (χ1) is 12.1. The van der Waals surface area contributed by atoms with Gasteiger partial charge in [0, 0.05) is 15.1 Å². The summed E-state index contributed by atoms with van der Waals surface area (Å²) >= 11 is 9.09. The lowest BCUT2D eigenvalue weighted by atomic mass is 10.2. The summed E-state index contributed by atoms with van der Waals surface area (Å²) in [6.07, 6.45) is 1.07. The Bertz CT molecular complexity index is 903. The molecular formula is C15H11BrClF3N2O3S. The number of alkyl halides is 3. The molecule has 2 aromatic carbocycles. The molecule has 0 spiro atoms. The van der Waals surface area contributed by atoms with Gasteiger partial charge in [0.2, 0.25) is 0 Å². The molecule has 2 rings (SSSR count). The average molecular weight is 472 g/mol. The topological polar surface area (TPSA) is 67.8 Å². The summed E-state index contributed by atoms with van der Waals surface area (Å²) < 4.78 is 62.4. The first-order valence-corrected chi connectivity index (χ1v) is 9.52. The number of hydrogen-bond donors (Lipinski definition) is 1. The molecule has 0 radical (unpaired) electrons. The molecule has 0 unspecified atom stereocenters. The summed E-state index contributed by atoms with van der Waals surface area (Å²) in [6.45, 7) is 0.119. The van der Waals surface area contributed by atoms with E-state index in [4.69, 9.17) is 16.4 Å². The quantitative estimate of drug-likeness (QED) is 0.481. The summed E-state index contributed by atoms with van der Waals surface area (Å²) in [4.78, 5) is 5.07. The van der Waals surface area contributed by atoms with Crippen LogP contribution in [0.25, 0.3) is 0 Å². The molecule has 0 bridgehead atoms. The SMILES string of the molecule is O=S(=O)(Nc1ccc(Cl)cc1C=NOCc1ccc(Br)cc1)C(F)(F)F. The fraction of sp³-hybridized carbons (Fsp3) is 0.133. The van der Waals surface area contributed by atoms with Crippen molar-refractivity contribution in [3.63, 3.8) is 0 Å². The summed E-state index contributed by atoms with van der Waals surface area (Å²) in [5, 5.41) is 3.83. The number of anilines is 1. The van der Waals surface area contributed by atoms with Gasteiger partial charge >= 0.3 is 15.5 Å². The minimum Gasteiger partial charge on any atom is -0.391 e. The van der Waals surface area contributed by atoms with Crippen molar-refractivity contribution in [2.75, 3.05) is 4.72 Å². The molecule has 1 N–H and O–H groups in total. The van der Waals surface area contributed by atoms with E-state index in [1.807, 2.05) is 12.1 Å². The van der Waals surface area contributed by atoms with Crippen molar-refractivity contribution in [1.29, 1.82) is 0 Å². The Balaban J connectivity index is 2.13. The number of hydrogen-bond acceptors (Lipinski definition) is 4. The Morgan fingerprint density at radius 2 is 1.85 bits per heavy atom. The fourth-order valence-electron chi connectivity index (χ4n) is 1.72. The van der Waals surface area contributed by atoms with E-state index in [-0.39, 0.29) is 22.9 Å². The molecule has 0 amide bonds. The molecular weight excluding hydrogens is 461 g/mol. The Labute approximate surface area is 161 Å². The molecule has 140 valence electrons. The minimum absolute atomic E-state index is 0.0149. The van der Waals surface area contributed by atoms with E-state index in [0.717, 1.165) is 22.3 Å². The Hall–Kier alpha value is -1.78. The van der Waals surface area contributed by atoms with Crippen molar-refractivity contribution in [3.8, 4) is 0 Å². The third-order valence-electron chi connectivity index (χ3n) is 2.97. The van der Waals surface area contributed by atoms with Crippen molar-refractivity contribution in [2.24, 2.45) is 5.16 Å². The first-order valence-electron chi connectivity index (χ1n) is 6.87. The lowest BCUT2D eigenvalue weighted by Gasteiger charge is -2.12. The highest BCUT2D eigenvalue weighted by Gasteiger charge is 2.46. The zero-order valence-electron chi connectivity index (χ0n) is 12.8. The molecule has 0 aliphatic carbocycles. The van der Waals surface area contributed by atoms with Crippen LogP contribution in [0.15, 0.2) is 52.1 Å². The van der Waals surface area contributed by atoms with E-state index in [2.05, 4.69) is 21.1 Å². The summed E-state index contributed by atoms with van der Waals surface area (Å²) in [7, 11) is -5.56.